The number of rotatable bonds is 4. The predicted molar refractivity (Wildman–Crippen MR) is 76.5 cm³/mol. The highest BCUT2D eigenvalue weighted by molar-refractivity contribution is 7.98. The summed E-state index contributed by atoms with van der Waals surface area (Å²) in [7, 11) is 0. The second-order valence-corrected chi connectivity index (χ2v) is 6.14. The molecule has 0 aliphatic rings. The maximum Gasteiger partial charge on any atom is 0.332 e. The molecule has 0 bridgehead atoms. The molecule has 1 unspecified atom stereocenters. The molecule has 1 aromatic carbocycles. The minimum absolute atomic E-state index is 0.379. The van der Waals surface area contributed by atoms with Crippen LogP contribution in [0.25, 0.3) is 0 Å². The number of carbonyl (C=O) groups is 1. The van der Waals surface area contributed by atoms with Crippen LogP contribution >= 0.6 is 11.8 Å². The van der Waals surface area contributed by atoms with Crippen molar-refractivity contribution in [3.63, 3.8) is 0 Å². The Morgan fingerprint density at radius 1 is 1.28 bits per heavy atom. The lowest BCUT2D eigenvalue weighted by molar-refractivity contribution is -0.161. The van der Waals surface area contributed by atoms with Crippen LogP contribution in [0.15, 0.2) is 30.3 Å². The van der Waals surface area contributed by atoms with E-state index in [0.29, 0.717) is 5.75 Å². The molecule has 0 heterocycles. The van der Waals surface area contributed by atoms with Crippen molar-refractivity contribution in [3.05, 3.63) is 35.9 Å². The van der Waals surface area contributed by atoms with E-state index in [1.54, 1.807) is 0 Å². The van der Waals surface area contributed by atoms with E-state index in [0.717, 1.165) is 5.56 Å². The molecular weight excluding hydrogens is 246 g/mol. The smallest absolute Gasteiger partial charge is 0.332 e. The Hall–Kier alpha value is -1.00. The molecule has 0 aromatic heterocycles. The fourth-order valence-electron chi connectivity index (χ4n) is 1.59. The molecule has 0 spiro atoms. The van der Waals surface area contributed by atoms with Gasteiger partial charge in [0.1, 0.15) is 11.1 Å². The van der Waals surface area contributed by atoms with Crippen LogP contribution in [0.3, 0.4) is 0 Å². The highest BCUT2D eigenvalue weighted by atomic mass is 32.2. The molecule has 100 valence electrons. The molecular formula is C14H21NO2S. The zero-order valence-electron chi connectivity index (χ0n) is 11.4. The number of benzene rings is 1. The van der Waals surface area contributed by atoms with Gasteiger partial charge in [-0.1, -0.05) is 30.3 Å². The first-order chi connectivity index (χ1) is 8.29. The van der Waals surface area contributed by atoms with Crippen molar-refractivity contribution in [3.8, 4) is 0 Å². The van der Waals surface area contributed by atoms with Crippen LogP contribution in [0.1, 0.15) is 26.3 Å². The third-order valence-corrected chi connectivity index (χ3v) is 3.17. The topological polar surface area (TPSA) is 52.3 Å². The number of carbonyl (C=O) groups excluding carboxylic acids is 1. The van der Waals surface area contributed by atoms with Crippen molar-refractivity contribution < 1.29 is 9.53 Å². The summed E-state index contributed by atoms with van der Waals surface area (Å²) in [6.07, 6.45) is 1.93. The summed E-state index contributed by atoms with van der Waals surface area (Å²) in [5, 5.41) is 0. The Kier molecular flexibility index (Phi) is 4.82. The molecule has 0 saturated heterocycles. The summed E-state index contributed by atoms with van der Waals surface area (Å²) in [5.41, 5.74) is 5.45. The molecule has 3 nitrogen and oxygen atoms in total. The first kappa shape index (κ1) is 15.1. The largest absolute Gasteiger partial charge is 0.458 e. The fraction of sp³-hybridized carbons (Fsp3) is 0.500. The number of ether oxygens (including phenoxy) is 1. The van der Waals surface area contributed by atoms with Crippen LogP contribution in [-0.4, -0.2) is 23.6 Å². The van der Waals surface area contributed by atoms with Gasteiger partial charge in [-0.2, -0.15) is 11.8 Å². The molecule has 0 aliphatic heterocycles. The summed E-state index contributed by atoms with van der Waals surface area (Å²) in [6, 6.07) is 9.38. The minimum atomic E-state index is -1.09. The lowest BCUT2D eigenvalue weighted by Crippen LogP contribution is -2.50. The van der Waals surface area contributed by atoms with Crippen molar-refractivity contribution in [2.45, 2.75) is 31.9 Å². The van der Waals surface area contributed by atoms with Gasteiger partial charge >= 0.3 is 5.97 Å². The minimum Gasteiger partial charge on any atom is -0.458 e. The molecule has 0 aliphatic carbocycles. The van der Waals surface area contributed by atoms with E-state index >= 15 is 0 Å². The van der Waals surface area contributed by atoms with E-state index in [4.69, 9.17) is 10.5 Å². The summed E-state index contributed by atoms with van der Waals surface area (Å²) < 4.78 is 5.43. The zero-order valence-corrected chi connectivity index (χ0v) is 12.2. The molecule has 0 fully saturated rings. The molecule has 0 radical (unpaired) electrons. The summed E-state index contributed by atoms with van der Waals surface area (Å²) in [4.78, 5) is 12.3. The maximum atomic E-state index is 12.3. The maximum absolute atomic E-state index is 12.3. The monoisotopic (exact) mass is 267 g/mol. The van der Waals surface area contributed by atoms with Gasteiger partial charge in [0.25, 0.3) is 0 Å². The van der Waals surface area contributed by atoms with Crippen LogP contribution in [-0.2, 0) is 15.1 Å². The predicted octanol–water partition coefficient (Wildman–Crippen LogP) is 2.55. The lowest BCUT2D eigenvalue weighted by Gasteiger charge is -2.31. The SMILES string of the molecule is CSCC(N)(C(=O)OC(C)(C)C)c1ccccc1. The van der Waals surface area contributed by atoms with E-state index in [1.807, 2.05) is 57.4 Å². The highest BCUT2D eigenvalue weighted by Crippen LogP contribution is 2.26. The number of hydrogen-bond acceptors (Lipinski definition) is 4. The Balaban J connectivity index is 3.04. The Labute approximate surface area is 113 Å². The average Bonchev–Trinajstić information content (AvgIpc) is 2.28. The molecule has 1 rings (SSSR count). The Bertz CT molecular complexity index is 400. The standard InChI is InChI=1S/C14H21NO2S/c1-13(2,3)17-12(16)14(15,10-18-4)11-8-6-5-7-9-11/h5-9H,10,15H2,1-4H3. The summed E-state index contributed by atoms with van der Waals surface area (Å²) in [6.45, 7) is 5.53. The fourth-order valence-corrected chi connectivity index (χ4v) is 2.33. The second-order valence-electron chi connectivity index (χ2n) is 5.27. The van der Waals surface area contributed by atoms with Gasteiger partial charge in [-0.3, -0.25) is 0 Å². The van der Waals surface area contributed by atoms with Crippen LogP contribution in [0.5, 0.6) is 0 Å². The quantitative estimate of drug-likeness (QED) is 0.852. The van der Waals surface area contributed by atoms with E-state index in [1.165, 1.54) is 11.8 Å². The van der Waals surface area contributed by atoms with E-state index in [-0.39, 0.29) is 5.97 Å². The second kappa shape index (κ2) is 5.76. The van der Waals surface area contributed by atoms with Gasteiger partial charge in [0, 0.05) is 5.75 Å². The van der Waals surface area contributed by atoms with E-state index in [9.17, 15) is 4.79 Å². The van der Waals surface area contributed by atoms with E-state index in [2.05, 4.69) is 0 Å². The molecule has 0 saturated carbocycles. The molecule has 18 heavy (non-hydrogen) atoms. The number of hydrogen-bond donors (Lipinski definition) is 1. The molecule has 4 heteroatoms. The lowest BCUT2D eigenvalue weighted by atomic mass is 9.93. The van der Waals surface area contributed by atoms with Gasteiger partial charge in [0.15, 0.2) is 0 Å². The number of nitrogens with two attached hydrogens (primary N) is 1. The van der Waals surface area contributed by atoms with E-state index < -0.39 is 11.1 Å². The van der Waals surface area contributed by atoms with Crippen molar-refractivity contribution >= 4 is 17.7 Å². The van der Waals surface area contributed by atoms with Crippen molar-refractivity contribution in [1.29, 1.82) is 0 Å². The Morgan fingerprint density at radius 3 is 2.28 bits per heavy atom. The summed E-state index contributed by atoms with van der Waals surface area (Å²) in [5.74, 6) is 0.113. The normalized spacial score (nSPS) is 14.9. The van der Waals surface area contributed by atoms with Gasteiger partial charge in [0.2, 0.25) is 0 Å². The first-order valence-electron chi connectivity index (χ1n) is 5.86. The molecule has 2 N–H and O–H groups in total. The number of esters is 1. The van der Waals surface area contributed by atoms with Crippen LogP contribution < -0.4 is 5.73 Å². The first-order valence-corrected chi connectivity index (χ1v) is 7.26. The van der Waals surface area contributed by atoms with Crippen LogP contribution in [0.4, 0.5) is 0 Å². The Morgan fingerprint density at radius 2 is 1.83 bits per heavy atom. The van der Waals surface area contributed by atoms with Crippen LogP contribution in [0.2, 0.25) is 0 Å². The van der Waals surface area contributed by atoms with Gasteiger partial charge in [-0.25, -0.2) is 4.79 Å². The molecule has 0 amide bonds. The van der Waals surface area contributed by atoms with Gasteiger partial charge in [0.05, 0.1) is 0 Å². The van der Waals surface area contributed by atoms with Crippen molar-refractivity contribution in [1.82, 2.24) is 0 Å². The van der Waals surface area contributed by atoms with Gasteiger partial charge < -0.3 is 10.5 Å². The third-order valence-electron chi connectivity index (χ3n) is 2.42. The summed E-state index contributed by atoms with van der Waals surface area (Å²) >= 11 is 1.53. The van der Waals surface area contributed by atoms with Gasteiger partial charge in [-0.15, -0.1) is 0 Å². The molecule has 1 aromatic rings. The molecule has 1 atom stereocenters. The zero-order chi connectivity index (χ0) is 13.8. The number of thioether (sulfide) groups is 1. The van der Waals surface area contributed by atoms with Gasteiger partial charge in [-0.05, 0) is 32.6 Å². The highest BCUT2D eigenvalue weighted by Gasteiger charge is 2.39. The van der Waals surface area contributed by atoms with Crippen LogP contribution in [0, 0.1) is 0 Å². The third kappa shape index (κ3) is 3.75. The average molecular weight is 267 g/mol. The van der Waals surface area contributed by atoms with Crippen molar-refractivity contribution in [2.75, 3.05) is 12.0 Å². The van der Waals surface area contributed by atoms with Crippen molar-refractivity contribution in [2.24, 2.45) is 5.73 Å².